The maximum absolute atomic E-state index is 6.01. The van der Waals surface area contributed by atoms with E-state index < -0.39 is 0 Å². The molecular formula is C13H11BrClNOS. The van der Waals surface area contributed by atoms with Gasteiger partial charge in [-0.1, -0.05) is 27.5 Å². The SMILES string of the molecule is Clc1cccnc1SCCOc1ccc(Br)cc1. The Kier molecular flexibility index (Phi) is 5.35. The van der Waals surface area contributed by atoms with Crippen LogP contribution in [0.25, 0.3) is 0 Å². The van der Waals surface area contributed by atoms with Gasteiger partial charge in [0.2, 0.25) is 0 Å². The maximum Gasteiger partial charge on any atom is 0.119 e. The van der Waals surface area contributed by atoms with Crippen molar-refractivity contribution in [1.82, 2.24) is 4.98 Å². The molecule has 1 aromatic heterocycles. The summed E-state index contributed by atoms with van der Waals surface area (Å²) in [5, 5.41) is 1.53. The summed E-state index contributed by atoms with van der Waals surface area (Å²) >= 11 is 11.0. The Morgan fingerprint density at radius 3 is 2.72 bits per heavy atom. The molecule has 0 N–H and O–H groups in total. The zero-order valence-electron chi connectivity index (χ0n) is 9.48. The van der Waals surface area contributed by atoms with E-state index in [9.17, 15) is 0 Å². The summed E-state index contributed by atoms with van der Waals surface area (Å²) in [6, 6.07) is 11.4. The van der Waals surface area contributed by atoms with Gasteiger partial charge in [-0.15, -0.1) is 11.8 Å². The fraction of sp³-hybridized carbons (Fsp3) is 0.154. The number of aromatic nitrogens is 1. The average molecular weight is 345 g/mol. The Hall–Kier alpha value is -0.710. The van der Waals surface area contributed by atoms with Crippen molar-refractivity contribution in [3.63, 3.8) is 0 Å². The van der Waals surface area contributed by atoms with Crippen LogP contribution in [-0.2, 0) is 0 Å². The summed E-state index contributed by atoms with van der Waals surface area (Å²) < 4.78 is 6.66. The van der Waals surface area contributed by atoms with Gasteiger partial charge < -0.3 is 4.74 Å². The van der Waals surface area contributed by atoms with Crippen LogP contribution in [0.3, 0.4) is 0 Å². The van der Waals surface area contributed by atoms with Gasteiger partial charge in [-0.05, 0) is 36.4 Å². The highest BCUT2D eigenvalue weighted by atomic mass is 79.9. The highest BCUT2D eigenvalue weighted by molar-refractivity contribution is 9.10. The Morgan fingerprint density at radius 2 is 2.00 bits per heavy atom. The van der Waals surface area contributed by atoms with E-state index in [1.165, 1.54) is 0 Å². The van der Waals surface area contributed by atoms with Crippen molar-refractivity contribution in [1.29, 1.82) is 0 Å². The summed E-state index contributed by atoms with van der Waals surface area (Å²) in [6.45, 7) is 0.624. The van der Waals surface area contributed by atoms with E-state index in [1.807, 2.05) is 36.4 Å². The lowest BCUT2D eigenvalue weighted by molar-refractivity contribution is 0.344. The molecule has 0 aliphatic rings. The van der Waals surface area contributed by atoms with E-state index in [0.717, 1.165) is 21.0 Å². The number of ether oxygens (including phenoxy) is 1. The molecule has 0 saturated carbocycles. The van der Waals surface area contributed by atoms with Gasteiger partial charge in [0.15, 0.2) is 0 Å². The maximum atomic E-state index is 6.01. The lowest BCUT2D eigenvalue weighted by Gasteiger charge is -2.06. The summed E-state index contributed by atoms with van der Waals surface area (Å²) in [5.74, 6) is 1.68. The van der Waals surface area contributed by atoms with E-state index >= 15 is 0 Å². The highest BCUT2D eigenvalue weighted by Crippen LogP contribution is 2.24. The van der Waals surface area contributed by atoms with Crippen LogP contribution >= 0.6 is 39.3 Å². The molecule has 2 nitrogen and oxygen atoms in total. The van der Waals surface area contributed by atoms with Gasteiger partial charge in [0.05, 0.1) is 11.6 Å². The third-order valence-corrected chi connectivity index (χ3v) is 4.04. The number of halogens is 2. The second-order valence-electron chi connectivity index (χ2n) is 3.44. The summed E-state index contributed by atoms with van der Waals surface area (Å²) in [5.41, 5.74) is 0. The van der Waals surface area contributed by atoms with Gasteiger partial charge >= 0.3 is 0 Å². The number of benzene rings is 1. The molecule has 0 radical (unpaired) electrons. The molecule has 0 unspecified atom stereocenters. The molecule has 5 heteroatoms. The van der Waals surface area contributed by atoms with Gasteiger partial charge in [0, 0.05) is 16.4 Å². The van der Waals surface area contributed by atoms with E-state index in [4.69, 9.17) is 16.3 Å². The topological polar surface area (TPSA) is 22.1 Å². The molecule has 0 atom stereocenters. The number of pyridine rings is 1. The van der Waals surface area contributed by atoms with Crippen LogP contribution in [0, 0.1) is 0 Å². The summed E-state index contributed by atoms with van der Waals surface area (Å²) in [7, 11) is 0. The molecule has 0 aliphatic heterocycles. The molecule has 2 rings (SSSR count). The number of hydrogen-bond acceptors (Lipinski definition) is 3. The quantitative estimate of drug-likeness (QED) is 0.581. The lowest BCUT2D eigenvalue weighted by atomic mass is 10.3. The van der Waals surface area contributed by atoms with Gasteiger partial charge in [0.1, 0.15) is 10.8 Å². The second-order valence-corrected chi connectivity index (χ2v) is 5.85. The minimum absolute atomic E-state index is 0.624. The number of thioether (sulfide) groups is 1. The first-order valence-corrected chi connectivity index (χ1v) is 7.53. The number of rotatable bonds is 5. The Labute approximate surface area is 124 Å². The van der Waals surface area contributed by atoms with Crippen LogP contribution < -0.4 is 4.74 Å². The Bertz CT molecular complexity index is 507. The van der Waals surface area contributed by atoms with Gasteiger partial charge in [0.25, 0.3) is 0 Å². The summed E-state index contributed by atoms with van der Waals surface area (Å²) in [4.78, 5) is 4.20. The molecule has 18 heavy (non-hydrogen) atoms. The van der Waals surface area contributed by atoms with Gasteiger partial charge in [-0.25, -0.2) is 4.98 Å². The minimum atomic E-state index is 0.624. The molecule has 0 fully saturated rings. The van der Waals surface area contributed by atoms with Crippen LogP contribution in [0.4, 0.5) is 0 Å². The Balaban J connectivity index is 1.76. The molecule has 0 aliphatic carbocycles. The van der Waals surface area contributed by atoms with Crippen molar-refractivity contribution in [3.8, 4) is 5.75 Å². The van der Waals surface area contributed by atoms with E-state index in [1.54, 1.807) is 18.0 Å². The van der Waals surface area contributed by atoms with Crippen molar-refractivity contribution < 1.29 is 4.74 Å². The second kappa shape index (κ2) is 7.02. The molecule has 1 aromatic carbocycles. The third kappa shape index (κ3) is 4.19. The monoisotopic (exact) mass is 343 g/mol. The first-order chi connectivity index (χ1) is 8.75. The predicted octanol–water partition coefficient (Wildman–Crippen LogP) is 4.67. The fourth-order valence-electron chi connectivity index (χ4n) is 1.31. The van der Waals surface area contributed by atoms with Crippen LogP contribution in [0.5, 0.6) is 5.75 Å². The van der Waals surface area contributed by atoms with Crippen LogP contribution in [0.15, 0.2) is 52.1 Å². The van der Waals surface area contributed by atoms with Crippen LogP contribution in [-0.4, -0.2) is 17.3 Å². The van der Waals surface area contributed by atoms with Crippen molar-refractivity contribution in [2.45, 2.75) is 5.03 Å². The molecule has 1 heterocycles. The van der Waals surface area contributed by atoms with Crippen molar-refractivity contribution >= 4 is 39.3 Å². The largest absolute Gasteiger partial charge is 0.493 e. The van der Waals surface area contributed by atoms with Crippen molar-refractivity contribution in [2.24, 2.45) is 0 Å². The van der Waals surface area contributed by atoms with E-state index in [2.05, 4.69) is 20.9 Å². The summed E-state index contributed by atoms with van der Waals surface area (Å²) in [6.07, 6.45) is 1.74. The van der Waals surface area contributed by atoms with Crippen LogP contribution in [0.1, 0.15) is 0 Å². The molecule has 0 saturated heterocycles. The number of nitrogens with zero attached hydrogens (tertiary/aromatic N) is 1. The smallest absolute Gasteiger partial charge is 0.119 e. The standard InChI is InChI=1S/C13H11BrClNOS/c14-10-3-5-11(6-4-10)17-8-9-18-13-12(15)2-1-7-16-13/h1-7H,8-9H2. The zero-order valence-corrected chi connectivity index (χ0v) is 12.6. The molecule has 2 aromatic rings. The fourth-order valence-corrected chi connectivity index (χ4v) is 2.56. The molecule has 0 bridgehead atoms. The normalized spacial score (nSPS) is 10.3. The first-order valence-electron chi connectivity index (χ1n) is 5.37. The average Bonchev–Trinajstić information content (AvgIpc) is 2.39. The third-order valence-electron chi connectivity index (χ3n) is 2.13. The Morgan fingerprint density at radius 1 is 1.22 bits per heavy atom. The van der Waals surface area contributed by atoms with Gasteiger partial charge in [-0.2, -0.15) is 0 Å². The van der Waals surface area contributed by atoms with E-state index in [-0.39, 0.29) is 0 Å². The number of hydrogen-bond donors (Lipinski definition) is 0. The van der Waals surface area contributed by atoms with E-state index in [0.29, 0.717) is 11.6 Å². The molecule has 0 spiro atoms. The molecule has 94 valence electrons. The van der Waals surface area contributed by atoms with Crippen LogP contribution in [0.2, 0.25) is 5.02 Å². The molecule has 0 amide bonds. The first kappa shape index (κ1) is 13.7. The lowest BCUT2D eigenvalue weighted by Crippen LogP contribution is -2.00. The molecular weight excluding hydrogens is 334 g/mol. The highest BCUT2D eigenvalue weighted by Gasteiger charge is 2.01. The van der Waals surface area contributed by atoms with Gasteiger partial charge in [-0.3, -0.25) is 0 Å². The van der Waals surface area contributed by atoms with Crippen molar-refractivity contribution in [3.05, 3.63) is 52.1 Å². The van der Waals surface area contributed by atoms with Crippen molar-refractivity contribution in [2.75, 3.05) is 12.4 Å². The predicted molar refractivity (Wildman–Crippen MR) is 79.6 cm³/mol. The minimum Gasteiger partial charge on any atom is -0.493 e. The zero-order chi connectivity index (χ0) is 12.8.